The molecular formula is C12H12N2O3S2. The summed E-state index contributed by atoms with van der Waals surface area (Å²) in [6.45, 7) is 0. The third-order valence-corrected chi connectivity index (χ3v) is 5.42. The average molecular weight is 296 g/mol. The molecule has 100 valence electrons. The molecule has 2 aliphatic rings. The van der Waals surface area contributed by atoms with Crippen molar-refractivity contribution in [1.82, 2.24) is 4.90 Å². The second-order valence-corrected chi connectivity index (χ2v) is 6.51. The number of hydrogen-bond acceptors (Lipinski definition) is 5. The number of β-lactam (4-membered cyclic amide) rings is 1. The van der Waals surface area contributed by atoms with Crippen molar-refractivity contribution >= 4 is 35.0 Å². The predicted octanol–water partition coefficient (Wildman–Crippen LogP) is 0.870. The van der Waals surface area contributed by atoms with E-state index in [1.807, 2.05) is 22.9 Å². The van der Waals surface area contributed by atoms with Crippen molar-refractivity contribution in [2.45, 2.75) is 23.9 Å². The van der Waals surface area contributed by atoms with E-state index in [4.69, 9.17) is 5.73 Å². The van der Waals surface area contributed by atoms with Crippen molar-refractivity contribution in [2.24, 2.45) is 5.73 Å². The van der Waals surface area contributed by atoms with Crippen molar-refractivity contribution in [2.75, 3.05) is 0 Å². The van der Waals surface area contributed by atoms with Gasteiger partial charge >= 0.3 is 5.97 Å². The maximum Gasteiger partial charge on any atom is 0.330 e. The Bertz CT molecular complexity index is 555. The van der Waals surface area contributed by atoms with E-state index < -0.39 is 18.1 Å². The molecule has 1 aromatic heterocycles. The molecule has 0 aromatic carbocycles. The quantitative estimate of drug-likeness (QED) is 0.809. The highest BCUT2D eigenvalue weighted by molar-refractivity contribution is 8.02. The zero-order chi connectivity index (χ0) is 13.6. The van der Waals surface area contributed by atoms with Crippen LogP contribution in [0.25, 0.3) is 0 Å². The zero-order valence-electron chi connectivity index (χ0n) is 9.85. The molecule has 3 rings (SSSR count). The topological polar surface area (TPSA) is 83.6 Å². The molecule has 0 bridgehead atoms. The van der Waals surface area contributed by atoms with Crippen molar-refractivity contribution in [3.63, 3.8) is 0 Å². The molecule has 1 aromatic rings. The highest BCUT2D eigenvalue weighted by Gasteiger charge is 2.53. The number of nitrogens with two attached hydrogens (primary N) is 1. The van der Waals surface area contributed by atoms with Gasteiger partial charge in [0.05, 0.1) is 0 Å². The summed E-state index contributed by atoms with van der Waals surface area (Å²) in [5.74, 6) is -1.27. The predicted molar refractivity (Wildman–Crippen MR) is 73.7 cm³/mol. The third-order valence-electron chi connectivity index (χ3n) is 3.30. The van der Waals surface area contributed by atoms with E-state index in [1.54, 1.807) is 11.3 Å². The molecule has 0 spiro atoms. The van der Waals surface area contributed by atoms with Crippen LogP contribution < -0.4 is 5.73 Å². The second-order valence-electron chi connectivity index (χ2n) is 4.49. The van der Waals surface area contributed by atoms with Crippen LogP contribution in [-0.2, 0) is 16.0 Å². The van der Waals surface area contributed by atoms with Gasteiger partial charge in [-0.1, -0.05) is 6.07 Å². The Labute approximate surface area is 118 Å². The van der Waals surface area contributed by atoms with Crippen LogP contribution >= 0.6 is 23.1 Å². The Morgan fingerprint density at radius 2 is 2.32 bits per heavy atom. The number of carboxylic acids is 1. The number of aliphatic carboxylic acids is 1. The van der Waals surface area contributed by atoms with E-state index in [9.17, 15) is 14.7 Å². The molecule has 3 heterocycles. The first-order chi connectivity index (χ1) is 9.09. The Balaban J connectivity index is 1.88. The fraction of sp³-hybridized carbons (Fsp3) is 0.333. The third kappa shape index (κ3) is 1.98. The Hall–Kier alpha value is -1.31. The van der Waals surface area contributed by atoms with Crippen LogP contribution in [-0.4, -0.2) is 39.3 Å². The lowest BCUT2D eigenvalue weighted by Gasteiger charge is -2.50. The van der Waals surface area contributed by atoms with Crippen molar-refractivity contribution < 1.29 is 14.7 Å². The summed E-state index contributed by atoms with van der Waals surface area (Å²) in [4.78, 5) is 25.7. The fourth-order valence-electron chi connectivity index (χ4n) is 2.37. The number of rotatable bonds is 3. The van der Waals surface area contributed by atoms with E-state index in [0.717, 1.165) is 10.5 Å². The molecule has 1 fully saturated rings. The van der Waals surface area contributed by atoms with Gasteiger partial charge in [-0.2, -0.15) is 0 Å². The monoisotopic (exact) mass is 296 g/mol. The van der Waals surface area contributed by atoms with Gasteiger partial charge in [-0.3, -0.25) is 4.79 Å². The minimum absolute atomic E-state index is 0.235. The smallest absolute Gasteiger partial charge is 0.330 e. The highest BCUT2D eigenvalue weighted by atomic mass is 32.2. The number of fused-ring (bicyclic) bond motifs is 1. The van der Waals surface area contributed by atoms with Gasteiger partial charge in [-0.25, -0.2) is 4.79 Å². The molecule has 3 atom stereocenters. The van der Waals surface area contributed by atoms with E-state index in [2.05, 4.69) is 0 Å². The van der Waals surface area contributed by atoms with Crippen molar-refractivity contribution in [3.8, 4) is 0 Å². The molecular weight excluding hydrogens is 284 g/mol. The van der Waals surface area contributed by atoms with Gasteiger partial charge in [0.15, 0.2) is 6.04 Å². The number of carboxylic acid groups (broad SMARTS) is 1. The number of amides is 1. The molecule has 19 heavy (non-hydrogen) atoms. The standard InChI is InChI=1S/C12H12N2O3S2/c13-8-10(15)14-9(12(16)17)6(5-19-11(8)14)4-7-2-1-3-18-7/h1-3,5,8-9,11H,4,13H2,(H,16,17)/t8-,9?,11-/m1/s1. The average Bonchev–Trinajstić information content (AvgIpc) is 2.89. The SMILES string of the molecule is N[C@@H]1C(=O)N2C(C(=O)O)C(Cc3cccs3)=CS[C@H]12. The van der Waals surface area contributed by atoms with Crippen molar-refractivity contribution in [3.05, 3.63) is 33.4 Å². The summed E-state index contributed by atoms with van der Waals surface area (Å²) in [5.41, 5.74) is 6.44. The Morgan fingerprint density at radius 1 is 1.53 bits per heavy atom. The van der Waals surface area contributed by atoms with Gasteiger partial charge in [-0.15, -0.1) is 23.1 Å². The van der Waals surface area contributed by atoms with Gasteiger partial charge in [0.1, 0.15) is 11.4 Å². The summed E-state index contributed by atoms with van der Waals surface area (Å²) in [5, 5.41) is 13.0. The van der Waals surface area contributed by atoms with Crippen LogP contribution in [0.5, 0.6) is 0 Å². The molecule has 0 saturated carbocycles. The molecule has 1 amide bonds. The molecule has 1 saturated heterocycles. The molecule has 2 aliphatic heterocycles. The van der Waals surface area contributed by atoms with E-state index in [1.165, 1.54) is 16.7 Å². The van der Waals surface area contributed by atoms with Crippen LogP contribution in [0, 0.1) is 0 Å². The summed E-state index contributed by atoms with van der Waals surface area (Å²) < 4.78 is 0. The number of nitrogens with zero attached hydrogens (tertiary/aromatic N) is 1. The minimum Gasteiger partial charge on any atom is -0.479 e. The normalized spacial score (nSPS) is 29.5. The minimum atomic E-state index is -0.992. The van der Waals surface area contributed by atoms with Gasteiger partial charge in [0, 0.05) is 11.3 Å². The number of thioether (sulfide) groups is 1. The number of hydrogen-bond donors (Lipinski definition) is 2. The van der Waals surface area contributed by atoms with Crippen LogP contribution in [0.15, 0.2) is 28.5 Å². The second kappa shape index (κ2) is 4.66. The summed E-state index contributed by atoms with van der Waals surface area (Å²) in [7, 11) is 0. The number of carbonyl (C=O) groups is 2. The lowest BCUT2D eigenvalue weighted by molar-refractivity contribution is -0.157. The molecule has 7 heteroatoms. The van der Waals surface area contributed by atoms with Crippen molar-refractivity contribution in [1.29, 1.82) is 0 Å². The largest absolute Gasteiger partial charge is 0.479 e. The lowest BCUT2D eigenvalue weighted by Crippen LogP contribution is -2.72. The van der Waals surface area contributed by atoms with E-state index in [-0.39, 0.29) is 11.3 Å². The maximum absolute atomic E-state index is 11.8. The molecule has 3 N–H and O–H groups in total. The number of thiophene rings is 1. The zero-order valence-corrected chi connectivity index (χ0v) is 11.5. The highest BCUT2D eigenvalue weighted by Crippen LogP contribution is 2.40. The van der Waals surface area contributed by atoms with Crippen LogP contribution in [0.2, 0.25) is 0 Å². The fourth-order valence-corrected chi connectivity index (χ4v) is 4.27. The maximum atomic E-state index is 11.8. The summed E-state index contributed by atoms with van der Waals surface area (Å²) in [6, 6.07) is 2.44. The number of carbonyl (C=O) groups excluding carboxylic acids is 1. The van der Waals surface area contributed by atoms with Gasteiger partial charge in [-0.05, 0) is 22.4 Å². The van der Waals surface area contributed by atoms with E-state index >= 15 is 0 Å². The molecule has 0 aliphatic carbocycles. The summed E-state index contributed by atoms with van der Waals surface area (Å²) in [6.07, 6.45) is 0.563. The Kier molecular flexibility index (Phi) is 3.12. The van der Waals surface area contributed by atoms with Gasteiger partial charge < -0.3 is 15.7 Å². The lowest BCUT2D eigenvalue weighted by atomic mass is 9.96. The van der Waals surface area contributed by atoms with Crippen LogP contribution in [0.1, 0.15) is 4.88 Å². The van der Waals surface area contributed by atoms with Crippen LogP contribution in [0.3, 0.4) is 0 Å². The Morgan fingerprint density at radius 3 is 2.95 bits per heavy atom. The first-order valence-corrected chi connectivity index (χ1v) is 7.59. The van der Waals surface area contributed by atoms with Gasteiger partial charge in [0.25, 0.3) is 0 Å². The van der Waals surface area contributed by atoms with Crippen LogP contribution in [0.4, 0.5) is 0 Å². The molecule has 1 unspecified atom stereocenters. The first-order valence-electron chi connectivity index (χ1n) is 5.77. The molecule has 5 nitrogen and oxygen atoms in total. The molecule has 0 radical (unpaired) electrons. The summed E-state index contributed by atoms with van der Waals surface area (Å²) >= 11 is 3.02. The van der Waals surface area contributed by atoms with Gasteiger partial charge in [0.2, 0.25) is 5.91 Å². The van der Waals surface area contributed by atoms with E-state index in [0.29, 0.717) is 6.42 Å². The first kappa shape index (κ1) is 12.7.